The lowest BCUT2D eigenvalue weighted by Crippen LogP contribution is -2.43. The fourth-order valence-electron chi connectivity index (χ4n) is 1.49. The maximum absolute atomic E-state index is 11.6. The number of hydrogen-bond acceptors (Lipinski definition) is 2. The molecule has 0 radical (unpaired) electrons. The molecule has 1 heterocycles. The van der Waals surface area contributed by atoms with Crippen LogP contribution in [0, 0.1) is 0 Å². The molecule has 0 spiro atoms. The summed E-state index contributed by atoms with van der Waals surface area (Å²) in [7, 11) is 1.90. The van der Waals surface area contributed by atoms with Crippen molar-refractivity contribution < 1.29 is 4.79 Å². The molecule has 1 rings (SSSR count). The number of urea groups is 1. The third kappa shape index (κ3) is 3.40. The van der Waals surface area contributed by atoms with Gasteiger partial charge in [-0.25, -0.2) is 4.79 Å². The standard InChI is InChI=1S/C10H20N2OS/c1-3-4-6-11-10(13)12(2)9-5-7-14-8-9/h9H,3-8H2,1-2H3,(H,11,13). The summed E-state index contributed by atoms with van der Waals surface area (Å²) in [5.41, 5.74) is 0. The van der Waals surface area contributed by atoms with Gasteiger partial charge in [-0.05, 0) is 18.6 Å². The largest absolute Gasteiger partial charge is 0.338 e. The zero-order valence-corrected chi connectivity index (χ0v) is 9.90. The molecular formula is C10H20N2OS. The van der Waals surface area contributed by atoms with Crippen molar-refractivity contribution in [3.63, 3.8) is 0 Å². The number of carbonyl (C=O) groups excluding carboxylic acids is 1. The Hall–Kier alpha value is -0.380. The number of thioether (sulfide) groups is 1. The van der Waals surface area contributed by atoms with Crippen LogP contribution in [0.3, 0.4) is 0 Å². The van der Waals surface area contributed by atoms with Crippen molar-refractivity contribution in [2.45, 2.75) is 32.2 Å². The molecule has 1 atom stereocenters. The number of carbonyl (C=O) groups is 1. The fourth-order valence-corrected chi connectivity index (χ4v) is 2.76. The van der Waals surface area contributed by atoms with Crippen molar-refractivity contribution in [3.05, 3.63) is 0 Å². The second-order valence-electron chi connectivity index (χ2n) is 3.71. The molecule has 1 saturated heterocycles. The van der Waals surface area contributed by atoms with Gasteiger partial charge in [0.15, 0.2) is 0 Å². The second kappa shape index (κ2) is 6.17. The number of nitrogens with zero attached hydrogens (tertiary/aromatic N) is 1. The van der Waals surface area contributed by atoms with E-state index >= 15 is 0 Å². The predicted molar refractivity (Wildman–Crippen MR) is 61.8 cm³/mol. The Morgan fingerprint density at radius 2 is 2.43 bits per heavy atom. The zero-order valence-electron chi connectivity index (χ0n) is 9.08. The molecule has 1 N–H and O–H groups in total. The Morgan fingerprint density at radius 1 is 1.64 bits per heavy atom. The van der Waals surface area contributed by atoms with Crippen molar-refractivity contribution in [1.82, 2.24) is 10.2 Å². The first-order valence-corrected chi connectivity index (χ1v) is 6.49. The Kier molecular flexibility index (Phi) is 5.15. The van der Waals surface area contributed by atoms with Crippen molar-refractivity contribution in [2.24, 2.45) is 0 Å². The van der Waals surface area contributed by atoms with E-state index in [0.717, 1.165) is 31.6 Å². The van der Waals surface area contributed by atoms with Gasteiger partial charge in [-0.2, -0.15) is 11.8 Å². The van der Waals surface area contributed by atoms with Crippen molar-refractivity contribution in [1.29, 1.82) is 0 Å². The smallest absolute Gasteiger partial charge is 0.317 e. The number of amides is 2. The Balaban J connectivity index is 2.21. The van der Waals surface area contributed by atoms with Gasteiger partial charge >= 0.3 is 6.03 Å². The number of nitrogens with one attached hydrogen (secondary N) is 1. The Morgan fingerprint density at radius 3 is 3.00 bits per heavy atom. The van der Waals surface area contributed by atoms with E-state index < -0.39 is 0 Å². The SMILES string of the molecule is CCCCNC(=O)N(C)C1CCSC1. The molecule has 1 aliphatic rings. The lowest BCUT2D eigenvalue weighted by Gasteiger charge is -2.23. The minimum atomic E-state index is 0.0888. The van der Waals surface area contributed by atoms with Crippen LogP contribution < -0.4 is 5.32 Å². The van der Waals surface area contributed by atoms with Crippen molar-refractivity contribution >= 4 is 17.8 Å². The van der Waals surface area contributed by atoms with Crippen LogP contribution in [-0.2, 0) is 0 Å². The van der Waals surface area contributed by atoms with E-state index in [1.807, 2.05) is 23.7 Å². The normalized spacial score (nSPS) is 20.9. The molecule has 0 aromatic heterocycles. The second-order valence-corrected chi connectivity index (χ2v) is 4.86. The van der Waals surface area contributed by atoms with E-state index in [9.17, 15) is 4.79 Å². The third-order valence-electron chi connectivity index (χ3n) is 2.58. The van der Waals surface area contributed by atoms with Crippen LogP contribution in [0.15, 0.2) is 0 Å². The van der Waals surface area contributed by atoms with Crippen LogP contribution in [0.5, 0.6) is 0 Å². The summed E-state index contributed by atoms with van der Waals surface area (Å²) in [5.74, 6) is 2.29. The summed E-state index contributed by atoms with van der Waals surface area (Å²) < 4.78 is 0. The van der Waals surface area contributed by atoms with Gasteiger partial charge in [0.1, 0.15) is 0 Å². The highest BCUT2D eigenvalue weighted by Gasteiger charge is 2.23. The Bertz CT molecular complexity index is 181. The summed E-state index contributed by atoms with van der Waals surface area (Å²) in [6, 6.07) is 0.535. The van der Waals surface area contributed by atoms with E-state index in [1.165, 1.54) is 5.75 Å². The molecule has 1 aliphatic heterocycles. The molecule has 82 valence electrons. The highest BCUT2D eigenvalue weighted by Crippen LogP contribution is 2.21. The first-order valence-electron chi connectivity index (χ1n) is 5.34. The lowest BCUT2D eigenvalue weighted by molar-refractivity contribution is 0.195. The molecular weight excluding hydrogens is 196 g/mol. The van der Waals surface area contributed by atoms with Gasteiger partial charge in [0.2, 0.25) is 0 Å². The van der Waals surface area contributed by atoms with Gasteiger partial charge in [-0.1, -0.05) is 13.3 Å². The van der Waals surface area contributed by atoms with Gasteiger partial charge in [0.05, 0.1) is 0 Å². The van der Waals surface area contributed by atoms with Gasteiger partial charge in [-0.15, -0.1) is 0 Å². The van der Waals surface area contributed by atoms with Crippen LogP contribution >= 0.6 is 11.8 Å². The molecule has 14 heavy (non-hydrogen) atoms. The van der Waals surface area contributed by atoms with Gasteiger partial charge in [0, 0.05) is 25.4 Å². The van der Waals surface area contributed by atoms with Gasteiger partial charge in [-0.3, -0.25) is 0 Å². The van der Waals surface area contributed by atoms with Crippen LogP contribution in [0.2, 0.25) is 0 Å². The number of rotatable bonds is 4. The molecule has 0 saturated carbocycles. The van der Waals surface area contributed by atoms with E-state index in [-0.39, 0.29) is 6.03 Å². The van der Waals surface area contributed by atoms with Gasteiger partial charge in [0.25, 0.3) is 0 Å². The summed E-state index contributed by atoms with van der Waals surface area (Å²) in [6.45, 7) is 2.93. The Labute approximate surface area is 90.6 Å². The average Bonchev–Trinajstić information content (AvgIpc) is 2.69. The predicted octanol–water partition coefficient (Wildman–Crippen LogP) is 1.93. The molecule has 3 nitrogen and oxygen atoms in total. The fraction of sp³-hybridized carbons (Fsp3) is 0.900. The summed E-state index contributed by atoms with van der Waals surface area (Å²) in [6.07, 6.45) is 3.34. The van der Waals surface area contributed by atoms with Crippen molar-refractivity contribution in [3.8, 4) is 0 Å². The van der Waals surface area contributed by atoms with Crippen LogP contribution in [-0.4, -0.2) is 42.1 Å². The highest BCUT2D eigenvalue weighted by molar-refractivity contribution is 7.99. The minimum Gasteiger partial charge on any atom is -0.338 e. The molecule has 1 unspecified atom stereocenters. The van der Waals surface area contributed by atoms with E-state index in [1.54, 1.807) is 0 Å². The average molecular weight is 216 g/mol. The first kappa shape index (κ1) is 11.7. The topological polar surface area (TPSA) is 32.3 Å². The van der Waals surface area contributed by atoms with E-state index in [4.69, 9.17) is 0 Å². The third-order valence-corrected chi connectivity index (χ3v) is 3.73. The maximum atomic E-state index is 11.6. The number of hydrogen-bond donors (Lipinski definition) is 1. The molecule has 1 fully saturated rings. The first-order chi connectivity index (χ1) is 6.75. The van der Waals surface area contributed by atoms with Gasteiger partial charge < -0.3 is 10.2 Å². The molecule has 2 amide bonds. The molecule has 0 aliphatic carbocycles. The summed E-state index contributed by atoms with van der Waals surface area (Å²) >= 11 is 1.93. The number of unbranched alkanes of at least 4 members (excludes halogenated alkanes) is 1. The molecule has 0 aromatic rings. The molecule has 0 bridgehead atoms. The van der Waals surface area contributed by atoms with Crippen LogP contribution in [0.25, 0.3) is 0 Å². The maximum Gasteiger partial charge on any atom is 0.317 e. The van der Waals surface area contributed by atoms with Crippen LogP contribution in [0.1, 0.15) is 26.2 Å². The molecule has 0 aromatic carbocycles. The highest BCUT2D eigenvalue weighted by atomic mass is 32.2. The van der Waals surface area contributed by atoms with E-state index in [2.05, 4.69) is 12.2 Å². The quantitative estimate of drug-likeness (QED) is 0.728. The monoisotopic (exact) mass is 216 g/mol. The zero-order chi connectivity index (χ0) is 10.4. The van der Waals surface area contributed by atoms with Crippen molar-refractivity contribution in [2.75, 3.05) is 25.1 Å². The molecule has 4 heteroatoms. The lowest BCUT2D eigenvalue weighted by atomic mass is 10.2. The summed E-state index contributed by atoms with van der Waals surface area (Å²) in [5, 5.41) is 2.94. The summed E-state index contributed by atoms with van der Waals surface area (Å²) in [4.78, 5) is 13.5. The minimum absolute atomic E-state index is 0.0888. The van der Waals surface area contributed by atoms with Crippen LogP contribution in [0.4, 0.5) is 4.79 Å². The van der Waals surface area contributed by atoms with E-state index in [0.29, 0.717) is 6.04 Å².